The average molecular weight is 280 g/mol. The van der Waals surface area contributed by atoms with Crippen LogP contribution in [0.15, 0.2) is 24.5 Å². The molecule has 2 aromatic rings. The zero-order chi connectivity index (χ0) is 13.6. The minimum Gasteiger partial charge on any atom is -0.478 e. The van der Waals surface area contributed by atoms with Crippen molar-refractivity contribution >= 4 is 21.5 Å². The molecule has 100 valence electrons. The van der Waals surface area contributed by atoms with Crippen LogP contribution in [-0.4, -0.2) is 34.6 Å². The van der Waals surface area contributed by atoms with Crippen LogP contribution in [0.1, 0.15) is 34.1 Å². The maximum Gasteiger partial charge on any atom is 0.335 e. The van der Waals surface area contributed by atoms with Gasteiger partial charge in [0.1, 0.15) is 10.9 Å². The Morgan fingerprint density at radius 3 is 2.89 bits per heavy atom. The van der Waals surface area contributed by atoms with Crippen molar-refractivity contribution in [2.24, 2.45) is 0 Å². The number of sulfone groups is 1. The molecule has 3 rings (SSSR count). The number of aromatic carboxylic acids is 1. The molecule has 1 N–H and O–H groups in total. The van der Waals surface area contributed by atoms with E-state index in [1.807, 2.05) is 0 Å². The van der Waals surface area contributed by atoms with Crippen LogP contribution < -0.4 is 0 Å². The molecule has 1 aliphatic rings. The van der Waals surface area contributed by atoms with Crippen LogP contribution in [0.2, 0.25) is 0 Å². The average Bonchev–Trinajstić information content (AvgIpc) is 2.89. The number of imidazole rings is 1. The van der Waals surface area contributed by atoms with E-state index in [0.717, 1.165) is 0 Å². The lowest BCUT2D eigenvalue weighted by Gasteiger charge is -2.03. The van der Waals surface area contributed by atoms with Gasteiger partial charge in [-0.15, -0.1) is 0 Å². The Morgan fingerprint density at radius 2 is 2.26 bits per heavy atom. The topological polar surface area (TPSA) is 88.7 Å². The summed E-state index contributed by atoms with van der Waals surface area (Å²) in [5, 5.41) is 8.36. The van der Waals surface area contributed by atoms with Crippen LogP contribution in [0, 0.1) is 0 Å². The fourth-order valence-corrected chi connectivity index (χ4v) is 4.27. The third-order valence-electron chi connectivity index (χ3n) is 3.38. The third kappa shape index (κ3) is 1.99. The summed E-state index contributed by atoms with van der Waals surface area (Å²) in [6.45, 7) is 0. The summed E-state index contributed by atoms with van der Waals surface area (Å²) >= 11 is 0. The minimum atomic E-state index is -3.11. The van der Waals surface area contributed by atoms with Gasteiger partial charge in [0, 0.05) is 12.4 Å². The van der Waals surface area contributed by atoms with E-state index in [9.17, 15) is 13.2 Å². The molecule has 0 aromatic carbocycles. The summed E-state index contributed by atoms with van der Waals surface area (Å²) in [5.41, 5.74) is 1.09. The normalized spacial score (nSPS) is 21.8. The lowest BCUT2D eigenvalue weighted by atomic mass is 10.2. The van der Waals surface area contributed by atoms with Gasteiger partial charge in [0.05, 0.1) is 17.0 Å². The molecule has 1 saturated heterocycles. The molecule has 19 heavy (non-hydrogen) atoms. The van der Waals surface area contributed by atoms with E-state index >= 15 is 0 Å². The van der Waals surface area contributed by atoms with E-state index in [0.29, 0.717) is 24.2 Å². The first-order valence-corrected chi connectivity index (χ1v) is 7.62. The van der Waals surface area contributed by atoms with Crippen molar-refractivity contribution in [3.63, 3.8) is 0 Å². The lowest BCUT2D eigenvalue weighted by molar-refractivity contribution is 0.0697. The molecule has 0 spiro atoms. The summed E-state index contributed by atoms with van der Waals surface area (Å²) < 4.78 is 25.4. The highest BCUT2D eigenvalue weighted by molar-refractivity contribution is 7.91. The molecule has 0 saturated carbocycles. The first kappa shape index (κ1) is 12.2. The number of hydrogen-bond donors (Lipinski definition) is 1. The SMILES string of the molecule is O=C(O)c1ccn2cc(C3CCCS3(=O)=O)nc2c1. The molecule has 2 aromatic heterocycles. The van der Waals surface area contributed by atoms with Crippen molar-refractivity contribution in [2.45, 2.75) is 18.1 Å². The van der Waals surface area contributed by atoms with Crippen molar-refractivity contribution in [3.8, 4) is 0 Å². The number of nitrogens with zero attached hydrogens (tertiary/aromatic N) is 2. The van der Waals surface area contributed by atoms with Gasteiger partial charge in [-0.3, -0.25) is 0 Å². The molecule has 1 atom stereocenters. The molecular formula is C12H12N2O4S. The first-order chi connectivity index (χ1) is 8.97. The van der Waals surface area contributed by atoms with Gasteiger partial charge in [0.2, 0.25) is 0 Å². The van der Waals surface area contributed by atoms with Gasteiger partial charge in [-0.2, -0.15) is 0 Å². The van der Waals surface area contributed by atoms with E-state index in [-0.39, 0.29) is 11.3 Å². The van der Waals surface area contributed by atoms with Crippen LogP contribution in [0.5, 0.6) is 0 Å². The molecule has 0 aliphatic carbocycles. The van der Waals surface area contributed by atoms with Crippen LogP contribution in [0.3, 0.4) is 0 Å². The Labute approximate surface area is 109 Å². The molecule has 6 nitrogen and oxygen atoms in total. The second-order valence-electron chi connectivity index (χ2n) is 4.65. The fourth-order valence-electron chi connectivity index (χ4n) is 2.41. The van der Waals surface area contributed by atoms with Gasteiger partial charge in [0.25, 0.3) is 0 Å². The second kappa shape index (κ2) is 4.06. The van der Waals surface area contributed by atoms with E-state index in [4.69, 9.17) is 5.11 Å². The summed E-state index contributed by atoms with van der Waals surface area (Å²) in [5.74, 6) is -0.827. The van der Waals surface area contributed by atoms with Crippen molar-refractivity contribution < 1.29 is 18.3 Å². The standard InChI is InChI=1S/C12H12N2O4S/c15-12(16)8-3-4-14-7-9(13-11(14)6-8)10-2-1-5-19(10,17)18/h3-4,6-7,10H,1-2,5H2,(H,15,16). The van der Waals surface area contributed by atoms with Crippen molar-refractivity contribution in [1.29, 1.82) is 0 Å². The Balaban J connectivity index is 2.09. The molecule has 7 heteroatoms. The second-order valence-corrected chi connectivity index (χ2v) is 6.95. The molecule has 1 aliphatic heterocycles. The number of carboxylic acid groups (broad SMARTS) is 1. The van der Waals surface area contributed by atoms with Gasteiger partial charge in [-0.1, -0.05) is 0 Å². The number of carboxylic acids is 1. The van der Waals surface area contributed by atoms with Crippen LogP contribution in [0.4, 0.5) is 0 Å². The third-order valence-corrected chi connectivity index (χ3v) is 5.59. The van der Waals surface area contributed by atoms with Gasteiger partial charge in [-0.05, 0) is 25.0 Å². The number of pyridine rings is 1. The van der Waals surface area contributed by atoms with E-state index in [2.05, 4.69) is 4.98 Å². The summed E-state index contributed by atoms with van der Waals surface area (Å²) in [7, 11) is -3.11. The largest absolute Gasteiger partial charge is 0.478 e. The van der Waals surface area contributed by atoms with Crippen LogP contribution in [0.25, 0.3) is 5.65 Å². The first-order valence-electron chi connectivity index (χ1n) is 5.91. The van der Waals surface area contributed by atoms with E-state index in [1.165, 1.54) is 12.1 Å². The molecule has 1 fully saturated rings. The summed E-state index contributed by atoms with van der Waals surface area (Å²) in [6, 6.07) is 2.90. The molecule has 0 bridgehead atoms. The molecule has 1 unspecified atom stereocenters. The number of fused-ring (bicyclic) bond motifs is 1. The predicted octanol–water partition coefficient (Wildman–Crippen LogP) is 1.28. The smallest absolute Gasteiger partial charge is 0.335 e. The van der Waals surface area contributed by atoms with E-state index in [1.54, 1.807) is 16.8 Å². The highest BCUT2D eigenvalue weighted by atomic mass is 32.2. The molecule has 0 radical (unpaired) electrons. The van der Waals surface area contributed by atoms with Crippen molar-refractivity contribution in [2.75, 3.05) is 5.75 Å². The van der Waals surface area contributed by atoms with Gasteiger partial charge < -0.3 is 9.51 Å². The molecule has 3 heterocycles. The Morgan fingerprint density at radius 1 is 1.47 bits per heavy atom. The zero-order valence-corrected chi connectivity index (χ0v) is 10.8. The quantitative estimate of drug-likeness (QED) is 0.895. The zero-order valence-electron chi connectivity index (χ0n) is 9.98. The number of carbonyl (C=O) groups is 1. The van der Waals surface area contributed by atoms with Crippen molar-refractivity contribution in [1.82, 2.24) is 9.38 Å². The Kier molecular flexibility index (Phi) is 2.60. The highest BCUT2D eigenvalue weighted by Crippen LogP contribution is 2.33. The maximum absolute atomic E-state index is 11.9. The predicted molar refractivity (Wildman–Crippen MR) is 67.9 cm³/mol. The lowest BCUT2D eigenvalue weighted by Crippen LogP contribution is -2.08. The minimum absolute atomic E-state index is 0.138. The molecular weight excluding hydrogens is 268 g/mol. The van der Waals surface area contributed by atoms with E-state index < -0.39 is 21.1 Å². The highest BCUT2D eigenvalue weighted by Gasteiger charge is 2.34. The Hall–Kier alpha value is -1.89. The number of hydrogen-bond acceptors (Lipinski definition) is 4. The van der Waals surface area contributed by atoms with Gasteiger partial charge in [-0.25, -0.2) is 18.2 Å². The number of rotatable bonds is 2. The van der Waals surface area contributed by atoms with Crippen LogP contribution in [-0.2, 0) is 9.84 Å². The van der Waals surface area contributed by atoms with Gasteiger partial charge in [0.15, 0.2) is 9.84 Å². The monoisotopic (exact) mass is 280 g/mol. The van der Waals surface area contributed by atoms with Crippen LogP contribution >= 0.6 is 0 Å². The maximum atomic E-state index is 11.9. The van der Waals surface area contributed by atoms with Gasteiger partial charge >= 0.3 is 5.97 Å². The summed E-state index contributed by atoms with van der Waals surface area (Å²) in [4.78, 5) is 15.1. The molecule has 0 amide bonds. The Bertz CT molecular complexity index is 763. The number of aromatic nitrogens is 2. The fraction of sp³-hybridized carbons (Fsp3) is 0.333. The summed E-state index contributed by atoms with van der Waals surface area (Å²) in [6.07, 6.45) is 4.48. The van der Waals surface area contributed by atoms with Crippen molar-refractivity contribution in [3.05, 3.63) is 35.8 Å².